The van der Waals surface area contributed by atoms with Crippen LogP contribution in [0.4, 0.5) is 0 Å². The van der Waals surface area contributed by atoms with Gasteiger partial charge in [-0.1, -0.05) is 25.5 Å². The molecule has 344 valence electrons. The number of aliphatic hydroxyl groups is 11. The molecule has 0 radical (unpaired) electrons. The van der Waals surface area contributed by atoms with Crippen LogP contribution in [0.1, 0.15) is 77.2 Å². The molecule has 7 aliphatic rings. The summed E-state index contributed by atoms with van der Waals surface area (Å²) in [6.07, 6.45) is -16.8. The smallest absolute Gasteiger partial charge is 0.335 e. The van der Waals surface area contributed by atoms with Crippen molar-refractivity contribution >= 4 is 0 Å². The van der Waals surface area contributed by atoms with Crippen molar-refractivity contribution < 1.29 is 89.0 Å². The van der Waals surface area contributed by atoms with Gasteiger partial charge in [-0.15, -0.1) is 0 Å². The van der Waals surface area contributed by atoms with Crippen LogP contribution in [0.5, 0.6) is 0 Å². The number of aliphatic hydroxyl groups excluding tert-OH is 10. The molecule has 0 spiro atoms. The van der Waals surface area contributed by atoms with Gasteiger partial charge in [0.1, 0.15) is 67.1 Å². The second-order valence-corrected chi connectivity index (χ2v) is 18.9. The van der Waals surface area contributed by atoms with E-state index in [0.717, 1.165) is 12.8 Å². The third-order valence-corrected chi connectivity index (χ3v) is 15.7. The molecule has 3 aliphatic heterocycles. The standard InChI is InChI=1S/C42H62O19/c1-17-35(60-39-34(53)31(50)36(25(15-44)59-39)61-38-32(51)29(48)28(47)24(14-43)58-38)30(49)33(52)37(56-17)57-20-8-10-40(2)19(12-20)5-6-22-21(40)9-11-41(3)27(23(45)13-42(22,41)54)18-4-7-26(46)55-16-18/h4,7,12,16-17,20-25,27-39,43-45,47-54H,5-6,8-11,13-15H2,1-3H3/t17-,20-,21-,22+,23+,24+,25+,27-,28+,29-,30-,31+,32+,33+,34+,35-,36+,37-,38-,39-,40+,41+,42-/m0/s1. The van der Waals surface area contributed by atoms with E-state index >= 15 is 0 Å². The topological polar surface area (TPSA) is 308 Å². The highest BCUT2D eigenvalue weighted by Gasteiger charge is 2.69. The Bertz CT molecular complexity index is 1770. The molecule has 3 saturated carbocycles. The molecular weight excluding hydrogens is 808 g/mol. The van der Waals surface area contributed by atoms with Gasteiger partial charge in [0.15, 0.2) is 18.9 Å². The normalized spacial score (nSPS) is 52.5. The van der Waals surface area contributed by atoms with Crippen molar-refractivity contribution in [3.63, 3.8) is 0 Å². The highest BCUT2D eigenvalue weighted by atomic mass is 16.8. The summed E-state index contributed by atoms with van der Waals surface area (Å²) < 4.78 is 40.1. The van der Waals surface area contributed by atoms with Gasteiger partial charge in [-0.05, 0) is 74.3 Å². The monoisotopic (exact) mass is 870 g/mol. The van der Waals surface area contributed by atoms with Crippen molar-refractivity contribution in [3.05, 3.63) is 46.0 Å². The molecule has 19 heteroatoms. The summed E-state index contributed by atoms with van der Waals surface area (Å²) in [5.74, 6) is -0.317. The summed E-state index contributed by atoms with van der Waals surface area (Å²) in [6, 6.07) is 3.04. The van der Waals surface area contributed by atoms with E-state index < -0.39 is 134 Å². The van der Waals surface area contributed by atoms with E-state index in [2.05, 4.69) is 19.9 Å². The molecule has 4 heterocycles. The van der Waals surface area contributed by atoms with Crippen LogP contribution in [0.2, 0.25) is 0 Å². The first kappa shape index (κ1) is 45.6. The van der Waals surface area contributed by atoms with Crippen LogP contribution in [0.3, 0.4) is 0 Å². The van der Waals surface area contributed by atoms with E-state index in [1.807, 2.05) is 0 Å². The van der Waals surface area contributed by atoms with Gasteiger partial charge in [0.25, 0.3) is 0 Å². The second kappa shape index (κ2) is 17.1. The number of fused-ring (bicyclic) bond motifs is 5. The van der Waals surface area contributed by atoms with E-state index in [4.69, 9.17) is 32.8 Å². The summed E-state index contributed by atoms with van der Waals surface area (Å²) in [4.78, 5) is 11.7. The molecule has 1 aromatic heterocycles. The molecule has 19 nitrogen and oxygen atoms in total. The van der Waals surface area contributed by atoms with E-state index in [0.29, 0.717) is 31.2 Å². The molecule has 0 bridgehead atoms. The van der Waals surface area contributed by atoms with Crippen LogP contribution < -0.4 is 5.63 Å². The van der Waals surface area contributed by atoms with Crippen LogP contribution in [-0.4, -0.2) is 179 Å². The van der Waals surface area contributed by atoms with E-state index in [1.165, 1.54) is 17.9 Å². The van der Waals surface area contributed by atoms with Gasteiger partial charge < -0.3 is 89.0 Å². The molecule has 8 rings (SSSR count). The minimum Gasteiger partial charge on any atom is -0.431 e. The minimum absolute atomic E-state index is 0.0704. The van der Waals surface area contributed by atoms with Crippen molar-refractivity contribution in [2.24, 2.45) is 22.7 Å². The Morgan fingerprint density at radius 3 is 1.98 bits per heavy atom. The largest absolute Gasteiger partial charge is 0.431 e. The van der Waals surface area contributed by atoms with Crippen molar-refractivity contribution in [3.8, 4) is 0 Å². The summed E-state index contributed by atoms with van der Waals surface area (Å²) in [6.45, 7) is 4.32. The van der Waals surface area contributed by atoms with E-state index in [9.17, 15) is 61.0 Å². The Morgan fingerprint density at radius 2 is 1.33 bits per heavy atom. The fourth-order valence-electron chi connectivity index (χ4n) is 12.3. The maximum atomic E-state index is 12.6. The zero-order valence-electron chi connectivity index (χ0n) is 34.4. The van der Waals surface area contributed by atoms with Gasteiger partial charge in [0.05, 0.1) is 43.4 Å². The van der Waals surface area contributed by atoms with Crippen LogP contribution in [-0.2, 0) is 28.4 Å². The summed E-state index contributed by atoms with van der Waals surface area (Å²) >= 11 is 0. The molecule has 6 fully saturated rings. The SMILES string of the molecule is C[C@@H]1O[C@@H](O[C@@H]2C=C3CC[C@@H]4[C@H](CC[C@]5(C)[C@@H](c6ccc(=O)oc6)[C@H](O)C[C@]45O)[C@]3(C)CC2)[C@H](O)[C@H](O)[C@H]1O[C@@H]1O[C@H](CO)[C@@H](O[C@@H]2O[C@H](CO)[C@@H](O)[C@H](O)[C@H]2O)[C@H](O)[C@H]1O. The molecule has 61 heavy (non-hydrogen) atoms. The van der Waals surface area contributed by atoms with Crippen LogP contribution >= 0.6 is 0 Å². The molecule has 0 amide bonds. The molecule has 23 atom stereocenters. The zero-order chi connectivity index (χ0) is 43.9. The van der Waals surface area contributed by atoms with Gasteiger partial charge >= 0.3 is 5.63 Å². The quantitative estimate of drug-likeness (QED) is 0.116. The summed E-state index contributed by atoms with van der Waals surface area (Å²) in [7, 11) is 0. The maximum Gasteiger partial charge on any atom is 0.335 e. The first-order valence-corrected chi connectivity index (χ1v) is 21.5. The van der Waals surface area contributed by atoms with Crippen molar-refractivity contribution in [2.45, 2.75) is 182 Å². The maximum absolute atomic E-state index is 12.6. The van der Waals surface area contributed by atoms with Gasteiger partial charge in [-0.3, -0.25) is 0 Å². The lowest BCUT2D eigenvalue weighted by molar-refractivity contribution is -0.378. The second-order valence-electron chi connectivity index (χ2n) is 18.9. The lowest BCUT2D eigenvalue weighted by Gasteiger charge is -2.61. The first-order valence-electron chi connectivity index (χ1n) is 21.5. The van der Waals surface area contributed by atoms with Gasteiger partial charge in [-0.2, -0.15) is 0 Å². The average Bonchev–Trinajstić information content (AvgIpc) is 3.45. The predicted molar refractivity (Wildman–Crippen MR) is 205 cm³/mol. The highest BCUT2D eigenvalue weighted by molar-refractivity contribution is 5.32. The Morgan fingerprint density at radius 1 is 0.705 bits per heavy atom. The molecule has 0 aromatic carbocycles. The fraction of sp³-hybridized carbons (Fsp3) is 0.833. The Hall–Kier alpha value is -1.99. The number of ether oxygens (including phenoxy) is 6. The Labute approximate surface area is 352 Å². The summed E-state index contributed by atoms with van der Waals surface area (Å²) in [5, 5.41) is 119. The molecule has 1 aromatic rings. The molecular formula is C42H62O19. The Kier molecular flexibility index (Phi) is 12.8. The predicted octanol–water partition coefficient (Wildman–Crippen LogP) is -2.37. The fourth-order valence-corrected chi connectivity index (χ4v) is 12.3. The molecule has 11 N–H and O–H groups in total. The van der Waals surface area contributed by atoms with Gasteiger partial charge in [0.2, 0.25) is 0 Å². The van der Waals surface area contributed by atoms with Crippen LogP contribution in [0, 0.1) is 22.7 Å². The number of rotatable bonds is 9. The van der Waals surface area contributed by atoms with Gasteiger partial charge in [0, 0.05) is 23.8 Å². The zero-order valence-corrected chi connectivity index (χ0v) is 34.4. The van der Waals surface area contributed by atoms with Crippen LogP contribution in [0.15, 0.2) is 39.3 Å². The third-order valence-electron chi connectivity index (χ3n) is 15.7. The minimum atomic E-state index is -1.87. The average molecular weight is 871 g/mol. The van der Waals surface area contributed by atoms with E-state index in [1.54, 1.807) is 13.0 Å². The molecule has 0 unspecified atom stereocenters. The number of hydrogen-bond acceptors (Lipinski definition) is 19. The number of hydrogen-bond donors (Lipinski definition) is 11. The summed E-state index contributed by atoms with van der Waals surface area (Å²) in [5.41, 5.74) is -0.597. The van der Waals surface area contributed by atoms with Crippen LogP contribution in [0.25, 0.3) is 0 Å². The third kappa shape index (κ3) is 7.57. The lowest BCUT2D eigenvalue weighted by atomic mass is 9.45. The van der Waals surface area contributed by atoms with Crippen molar-refractivity contribution in [1.29, 1.82) is 0 Å². The lowest BCUT2D eigenvalue weighted by Crippen LogP contribution is -2.66. The molecule has 4 aliphatic carbocycles. The van der Waals surface area contributed by atoms with Crippen molar-refractivity contribution in [1.82, 2.24) is 0 Å². The first-order chi connectivity index (χ1) is 28.9. The van der Waals surface area contributed by atoms with Crippen molar-refractivity contribution in [2.75, 3.05) is 13.2 Å². The van der Waals surface area contributed by atoms with Gasteiger partial charge in [-0.25, -0.2) is 4.79 Å². The Balaban J connectivity index is 0.895. The molecule has 3 saturated heterocycles. The van der Waals surface area contributed by atoms with E-state index in [-0.39, 0.29) is 29.6 Å². The highest BCUT2D eigenvalue weighted by Crippen LogP contribution is 2.70. The number of allylic oxidation sites excluding steroid dienone is 1.